The average molecular weight is 223 g/mol. The zero-order chi connectivity index (χ0) is 12.2. The Balaban J connectivity index is 2.29. The summed E-state index contributed by atoms with van der Waals surface area (Å²) in [4.78, 5) is 4.77. The number of hydrogen-bond acceptors (Lipinski definition) is 1. The lowest BCUT2D eigenvalue weighted by molar-refractivity contribution is 1.12. The Morgan fingerprint density at radius 1 is 1.00 bits per heavy atom. The van der Waals surface area contributed by atoms with E-state index in [1.165, 1.54) is 39.1 Å². The molecule has 0 amide bonds. The number of fused-ring (bicyclic) bond motifs is 3. The molecule has 1 aliphatic carbocycles. The number of pyridine rings is 1. The number of hydrogen-bond donors (Lipinski definition) is 0. The van der Waals surface area contributed by atoms with Gasteiger partial charge in [-0.05, 0) is 55.5 Å². The van der Waals surface area contributed by atoms with Crippen LogP contribution in [0.5, 0.6) is 0 Å². The highest BCUT2D eigenvalue weighted by molar-refractivity contribution is 5.76. The van der Waals surface area contributed by atoms with Crippen molar-refractivity contribution in [2.45, 2.75) is 34.1 Å². The Labute approximate surface area is 103 Å². The molecule has 86 valence electrons. The summed E-state index contributed by atoms with van der Waals surface area (Å²) in [6.07, 6.45) is 1.05. The fourth-order valence-corrected chi connectivity index (χ4v) is 2.64. The Kier molecular flexibility index (Phi) is 2.12. The summed E-state index contributed by atoms with van der Waals surface area (Å²) in [7, 11) is 0. The molecule has 2 aromatic rings. The molecule has 0 saturated heterocycles. The predicted octanol–water partition coefficient (Wildman–Crippen LogP) is 3.89. The molecule has 1 aromatic carbocycles. The number of aryl methyl sites for hydroxylation is 3. The fourth-order valence-electron chi connectivity index (χ4n) is 2.64. The van der Waals surface area contributed by atoms with Crippen LogP contribution in [0.1, 0.15) is 33.5 Å². The zero-order valence-corrected chi connectivity index (χ0v) is 10.9. The summed E-state index contributed by atoms with van der Waals surface area (Å²) in [6, 6.07) is 6.73. The van der Waals surface area contributed by atoms with Gasteiger partial charge in [0.25, 0.3) is 0 Å². The van der Waals surface area contributed by atoms with Crippen molar-refractivity contribution in [3.63, 3.8) is 0 Å². The van der Waals surface area contributed by atoms with Gasteiger partial charge in [-0.15, -0.1) is 0 Å². The number of benzene rings is 1. The van der Waals surface area contributed by atoms with Gasteiger partial charge in [-0.2, -0.15) is 0 Å². The summed E-state index contributed by atoms with van der Waals surface area (Å²) in [5, 5.41) is 0. The Morgan fingerprint density at radius 2 is 1.76 bits per heavy atom. The molecule has 0 bridgehead atoms. The first kappa shape index (κ1) is 10.5. The Bertz CT molecular complexity index is 624. The van der Waals surface area contributed by atoms with Gasteiger partial charge in [0.05, 0.1) is 5.69 Å². The summed E-state index contributed by atoms with van der Waals surface area (Å²) in [5.41, 5.74) is 10.6. The Hall–Kier alpha value is -1.63. The number of aromatic nitrogens is 1. The van der Waals surface area contributed by atoms with Gasteiger partial charge in [-0.25, -0.2) is 0 Å². The van der Waals surface area contributed by atoms with Crippen molar-refractivity contribution < 1.29 is 0 Å². The molecule has 3 rings (SSSR count). The van der Waals surface area contributed by atoms with Crippen LogP contribution in [0, 0.1) is 27.7 Å². The lowest BCUT2D eigenvalue weighted by Gasteiger charge is -2.07. The van der Waals surface area contributed by atoms with Gasteiger partial charge < -0.3 is 0 Å². The Morgan fingerprint density at radius 3 is 2.53 bits per heavy atom. The van der Waals surface area contributed by atoms with E-state index >= 15 is 0 Å². The predicted molar refractivity (Wildman–Crippen MR) is 71.4 cm³/mol. The van der Waals surface area contributed by atoms with Crippen LogP contribution >= 0.6 is 0 Å². The van der Waals surface area contributed by atoms with Crippen LogP contribution < -0.4 is 0 Å². The van der Waals surface area contributed by atoms with E-state index in [2.05, 4.69) is 45.9 Å². The largest absolute Gasteiger partial charge is 0.253 e. The minimum atomic E-state index is 1.05. The van der Waals surface area contributed by atoms with Gasteiger partial charge >= 0.3 is 0 Å². The first-order chi connectivity index (χ1) is 8.08. The molecule has 0 atom stereocenters. The fraction of sp³-hybridized carbons (Fsp3) is 0.312. The normalized spacial score (nSPS) is 12.5. The highest BCUT2D eigenvalue weighted by Crippen LogP contribution is 2.38. The van der Waals surface area contributed by atoms with Crippen LogP contribution in [-0.4, -0.2) is 4.98 Å². The van der Waals surface area contributed by atoms with Gasteiger partial charge in [-0.1, -0.05) is 18.2 Å². The van der Waals surface area contributed by atoms with E-state index in [9.17, 15) is 0 Å². The monoisotopic (exact) mass is 223 g/mol. The molecular formula is C16H17N. The molecule has 0 unspecified atom stereocenters. The van der Waals surface area contributed by atoms with Crippen molar-refractivity contribution in [2.75, 3.05) is 0 Å². The molecule has 0 N–H and O–H groups in total. The first-order valence-corrected chi connectivity index (χ1v) is 6.14. The van der Waals surface area contributed by atoms with E-state index in [-0.39, 0.29) is 0 Å². The molecule has 1 heterocycles. The second-order valence-corrected chi connectivity index (χ2v) is 5.11. The summed E-state index contributed by atoms with van der Waals surface area (Å²) >= 11 is 0. The molecule has 1 aromatic heterocycles. The third-order valence-corrected chi connectivity index (χ3v) is 4.04. The van der Waals surface area contributed by atoms with Crippen LogP contribution in [0.2, 0.25) is 0 Å². The highest BCUT2D eigenvalue weighted by Gasteiger charge is 2.22. The number of nitrogens with zero attached hydrogens (tertiary/aromatic N) is 1. The maximum atomic E-state index is 4.77. The van der Waals surface area contributed by atoms with Crippen LogP contribution in [0.25, 0.3) is 11.3 Å². The average Bonchev–Trinajstić information content (AvgIpc) is 2.63. The lowest BCUT2D eigenvalue weighted by atomic mass is 9.99. The van der Waals surface area contributed by atoms with E-state index in [0.717, 1.165) is 12.1 Å². The van der Waals surface area contributed by atoms with Crippen molar-refractivity contribution >= 4 is 0 Å². The van der Waals surface area contributed by atoms with Crippen molar-refractivity contribution in [1.82, 2.24) is 4.98 Å². The molecule has 1 heteroatoms. The smallest absolute Gasteiger partial charge is 0.0743 e. The van der Waals surface area contributed by atoms with E-state index in [1.54, 1.807) is 0 Å². The third-order valence-electron chi connectivity index (χ3n) is 4.04. The van der Waals surface area contributed by atoms with Crippen molar-refractivity contribution in [3.05, 3.63) is 51.7 Å². The van der Waals surface area contributed by atoms with E-state index < -0.39 is 0 Å². The summed E-state index contributed by atoms with van der Waals surface area (Å²) < 4.78 is 0. The van der Waals surface area contributed by atoms with Gasteiger partial charge in [-0.3, -0.25) is 4.98 Å². The van der Waals surface area contributed by atoms with Crippen LogP contribution in [0.3, 0.4) is 0 Å². The maximum absolute atomic E-state index is 4.77. The van der Waals surface area contributed by atoms with Gasteiger partial charge in [0, 0.05) is 17.7 Å². The van der Waals surface area contributed by atoms with Crippen LogP contribution in [-0.2, 0) is 6.42 Å². The molecule has 0 fully saturated rings. The van der Waals surface area contributed by atoms with Crippen molar-refractivity contribution in [2.24, 2.45) is 0 Å². The lowest BCUT2D eigenvalue weighted by Crippen LogP contribution is -1.91. The first-order valence-electron chi connectivity index (χ1n) is 6.14. The van der Waals surface area contributed by atoms with Crippen molar-refractivity contribution in [1.29, 1.82) is 0 Å². The van der Waals surface area contributed by atoms with Crippen LogP contribution in [0.4, 0.5) is 0 Å². The minimum absolute atomic E-state index is 1.05. The highest BCUT2D eigenvalue weighted by atomic mass is 14.7. The van der Waals surface area contributed by atoms with Gasteiger partial charge in [0.15, 0.2) is 0 Å². The molecule has 0 saturated carbocycles. The van der Waals surface area contributed by atoms with Gasteiger partial charge in [0.1, 0.15) is 0 Å². The third kappa shape index (κ3) is 1.42. The quantitative estimate of drug-likeness (QED) is 0.563. The van der Waals surface area contributed by atoms with E-state index in [4.69, 9.17) is 4.98 Å². The molecule has 0 aliphatic heterocycles. The molecule has 1 aliphatic rings. The van der Waals surface area contributed by atoms with E-state index in [1.807, 2.05) is 0 Å². The summed E-state index contributed by atoms with van der Waals surface area (Å²) in [6.45, 7) is 8.64. The molecule has 17 heavy (non-hydrogen) atoms. The molecule has 0 radical (unpaired) electrons. The second kappa shape index (κ2) is 3.43. The zero-order valence-electron chi connectivity index (χ0n) is 10.9. The molecular weight excluding hydrogens is 206 g/mol. The topological polar surface area (TPSA) is 12.9 Å². The SMILES string of the molecule is Cc1cc2c(nc1C)-c1ccc(C)c(C)c1C2. The summed E-state index contributed by atoms with van der Waals surface area (Å²) in [5.74, 6) is 0. The van der Waals surface area contributed by atoms with Gasteiger partial charge in [0.2, 0.25) is 0 Å². The van der Waals surface area contributed by atoms with Crippen molar-refractivity contribution in [3.8, 4) is 11.3 Å². The molecule has 0 spiro atoms. The minimum Gasteiger partial charge on any atom is -0.253 e. The number of rotatable bonds is 0. The molecule has 1 nitrogen and oxygen atoms in total. The van der Waals surface area contributed by atoms with E-state index in [0.29, 0.717) is 0 Å². The second-order valence-electron chi connectivity index (χ2n) is 5.11. The maximum Gasteiger partial charge on any atom is 0.0743 e. The standard InChI is InChI=1S/C16H17N/c1-9-5-6-14-15(11(9)3)8-13-7-10(2)12(4)17-16(13)14/h5-7H,8H2,1-4H3. The van der Waals surface area contributed by atoms with Crippen LogP contribution in [0.15, 0.2) is 18.2 Å².